The van der Waals surface area contributed by atoms with Crippen LogP contribution in [-0.4, -0.2) is 5.54 Å². The normalized spacial score (nSPS) is 16.7. The molecule has 0 radical (unpaired) electrons. The maximum Gasteiger partial charge on any atom is 0.0505 e. The molecule has 1 aromatic carbocycles. The SMILES string of the molecule is CC1=CC(C)(C)Nc2ccc(-c3ccsc3)cc21. The largest absolute Gasteiger partial charge is 0.376 e. The number of nitrogens with one attached hydrogen (secondary N) is 1. The molecule has 1 nitrogen and oxygen atoms in total. The van der Waals surface area contributed by atoms with E-state index in [9.17, 15) is 0 Å². The topological polar surface area (TPSA) is 12.0 Å². The molecule has 18 heavy (non-hydrogen) atoms. The summed E-state index contributed by atoms with van der Waals surface area (Å²) in [6, 6.07) is 8.85. The second-order valence-electron chi connectivity index (χ2n) is 5.45. The van der Waals surface area contributed by atoms with Gasteiger partial charge >= 0.3 is 0 Å². The van der Waals surface area contributed by atoms with Crippen molar-refractivity contribution >= 4 is 22.6 Å². The number of fused-ring (bicyclic) bond motifs is 1. The zero-order valence-electron chi connectivity index (χ0n) is 10.9. The molecule has 1 N–H and O–H groups in total. The van der Waals surface area contributed by atoms with E-state index in [0.717, 1.165) is 0 Å². The molecule has 0 saturated heterocycles. The highest BCUT2D eigenvalue weighted by Gasteiger charge is 2.22. The Balaban J connectivity index is 2.10. The van der Waals surface area contributed by atoms with E-state index in [4.69, 9.17) is 0 Å². The van der Waals surface area contributed by atoms with Crippen molar-refractivity contribution in [2.45, 2.75) is 26.3 Å². The van der Waals surface area contributed by atoms with Crippen LogP contribution in [0.1, 0.15) is 26.3 Å². The van der Waals surface area contributed by atoms with Gasteiger partial charge in [-0.2, -0.15) is 11.3 Å². The Kier molecular flexibility index (Phi) is 2.56. The molecule has 0 bridgehead atoms. The Hall–Kier alpha value is -1.54. The number of anilines is 1. The first-order chi connectivity index (χ1) is 8.55. The van der Waals surface area contributed by atoms with Gasteiger partial charge in [0.15, 0.2) is 0 Å². The quantitative estimate of drug-likeness (QED) is 0.754. The molecule has 1 aliphatic heterocycles. The van der Waals surface area contributed by atoms with E-state index >= 15 is 0 Å². The molecule has 2 heterocycles. The summed E-state index contributed by atoms with van der Waals surface area (Å²) in [5.41, 5.74) is 6.55. The van der Waals surface area contributed by atoms with Crippen LogP contribution in [0.3, 0.4) is 0 Å². The van der Waals surface area contributed by atoms with Crippen molar-refractivity contribution < 1.29 is 0 Å². The number of benzene rings is 1. The fourth-order valence-corrected chi connectivity index (χ4v) is 3.25. The van der Waals surface area contributed by atoms with Crippen molar-refractivity contribution in [3.63, 3.8) is 0 Å². The van der Waals surface area contributed by atoms with Crippen LogP contribution in [0.5, 0.6) is 0 Å². The third-order valence-corrected chi connectivity index (χ3v) is 4.02. The highest BCUT2D eigenvalue weighted by molar-refractivity contribution is 7.08. The highest BCUT2D eigenvalue weighted by atomic mass is 32.1. The number of rotatable bonds is 1. The third-order valence-electron chi connectivity index (χ3n) is 3.33. The van der Waals surface area contributed by atoms with Crippen molar-refractivity contribution in [2.75, 3.05) is 5.32 Å². The van der Waals surface area contributed by atoms with Crippen molar-refractivity contribution in [1.29, 1.82) is 0 Å². The predicted molar refractivity (Wildman–Crippen MR) is 81.1 cm³/mol. The second kappa shape index (κ2) is 3.99. The third kappa shape index (κ3) is 1.97. The molecular formula is C16H17NS. The van der Waals surface area contributed by atoms with Crippen molar-refractivity contribution in [3.05, 3.63) is 46.7 Å². The van der Waals surface area contributed by atoms with Gasteiger partial charge < -0.3 is 5.32 Å². The Morgan fingerprint density at radius 2 is 1.94 bits per heavy atom. The van der Waals surface area contributed by atoms with E-state index in [1.165, 1.54) is 28.0 Å². The molecule has 2 aromatic rings. The molecule has 1 aromatic heterocycles. The molecule has 92 valence electrons. The Labute approximate surface area is 112 Å². The zero-order valence-corrected chi connectivity index (χ0v) is 11.8. The Bertz CT molecular complexity index is 606. The summed E-state index contributed by atoms with van der Waals surface area (Å²) in [6.07, 6.45) is 2.30. The van der Waals surface area contributed by atoms with Crippen LogP contribution >= 0.6 is 11.3 Å². The Morgan fingerprint density at radius 3 is 2.67 bits per heavy atom. The lowest BCUT2D eigenvalue weighted by Gasteiger charge is -2.31. The average Bonchev–Trinajstić information content (AvgIpc) is 2.80. The second-order valence-corrected chi connectivity index (χ2v) is 6.23. The van der Waals surface area contributed by atoms with Crippen LogP contribution in [0.2, 0.25) is 0 Å². The van der Waals surface area contributed by atoms with Crippen LogP contribution in [0.4, 0.5) is 5.69 Å². The van der Waals surface area contributed by atoms with Gasteiger partial charge in [0.1, 0.15) is 0 Å². The lowest BCUT2D eigenvalue weighted by atomic mass is 9.90. The van der Waals surface area contributed by atoms with Gasteiger partial charge in [0.05, 0.1) is 5.54 Å². The van der Waals surface area contributed by atoms with Gasteiger partial charge in [-0.25, -0.2) is 0 Å². The van der Waals surface area contributed by atoms with Gasteiger partial charge in [-0.05, 0) is 66.4 Å². The van der Waals surface area contributed by atoms with E-state index in [0.29, 0.717) is 0 Å². The number of allylic oxidation sites excluding steroid dienone is 1. The van der Waals surface area contributed by atoms with Gasteiger partial charge in [-0.15, -0.1) is 0 Å². The highest BCUT2D eigenvalue weighted by Crippen LogP contribution is 2.36. The lowest BCUT2D eigenvalue weighted by Crippen LogP contribution is -2.31. The summed E-state index contributed by atoms with van der Waals surface area (Å²) in [5.74, 6) is 0. The summed E-state index contributed by atoms with van der Waals surface area (Å²) < 4.78 is 0. The first kappa shape index (κ1) is 11.5. The number of hydrogen-bond donors (Lipinski definition) is 1. The minimum Gasteiger partial charge on any atom is -0.376 e. The van der Waals surface area contributed by atoms with Crippen molar-refractivity contribution in [2.24, 2.45) is 0 Å². The minimum absolute atomic E-state index is 0.0426. The van der Waals surface area contributed by atoms with Crippen molar-refractivity contribution in [1.82, 2.24) is 0 Å². The van der Waals surface area contributed by atoms with Crippen LogP contribution in [0, 0.1) is 0 Å². The molecule has 0 unspecified atom stereocenters. The van der Waals surface area contributed by atoms with E-state index in [2.05, 4.69) is 67.2 Å². The van der Waals surface area contributed by atoms with Gasteiger partial charge in [-0.3, -0.25) is 0 Å². The molecular weight excluding hydrogens is 238 g/mol. The van der Waals surface area contributed by atoms with E-state index in [-0.39, 0.29) is 5.54 Å². The Morgan fingerprint density at radius 1 is 1.11 bits per heavy atom. The van der Waals surface area contributed by atoms with Gasteiger partial charge in [-0.1, -0.05) is 12.1 Å². The van der Waals surface area contributed by atoms with Gasteiger partial charge in [0.25, 0.3) is 0 Å². The van der Waals surface area contributed by atoms with E-state index in [1.54, 1.807) is 11.3 Å². The average molecular weight is 255 g/mol. The number of thiophene rings is 1. The van der Waals surface area contributed by atoms with Crippen LogP contribution in [0.25, 0.3) is 16.7 Å². The molecule has 0 atom stereocenters. The summed E-state index contributed by atoms with van der Waals surface area (Å²) in [4.78, 5) is 0. The molecule has 0 amide bonds. The fraction of sp³-hybridized carbons (Fsp3) is 0.250. The first-order valence-corrected chi connectivity index (χ1v) is 7.14. The molecule has 0 spiro atoms. The van der Waals surface area contributed by atoms with Crippen LogP contribution < -0.4 is 5.32 Å². The summed E-state index contributed by atoms with van der Waals surface area (Å²) in [6.45, 7) is 6.59. The molecule has 2 heteroatoms. The van der Waals surface area contributed by atoms with Crippen molar-refractivity contribution in [3.8, 4) is 11.1 Å². The lowest BCUT2D eigenvalue weighted by molar-refractivity contribution is 0.707. The molecule has 0 fully saturated rings. The summed E-state index contributed by atoms with van der Waals surface area (Å²) >= 11 is 1.74. The van der Waals surface area contributed by atoms with E-state index < -0.39 is 0 Å². The fourth-order valence-electron chi connectivity index (χ4n) is 2.59. The first-order valence-electron chi connectivity index (χ1n) is 6.20. The predicted octanol–water partition coefficient (Wildman–Crippen LogP) is 5.02. The smallest absolute Gasteiger partial charge is 0.0505 e. The molecule has 1 aliphatic rings. The molecule has 3 rings (SSSR count). The minimum atomic E-state index is 0.0426. The maximum absolute atomic E-state index is 3.57. The summed E-state index contributed by atoms with van der Waals surface area (Å²) in [7, 11) is 0. The zero-order chi connectivity index (χ0) is 12.8. The number of hydrogen-bond acceptors (Lipinski definition) is 2. The van der Waals surface area contributed by atoms with Gasteiger partial charge in [0.2, 0.25) is 0 Å². The standard InChI is InChI=1S/C16H17NS/c1-11-9-16(2,3)17-15-5-4-12(8-14(11)15)13-6-7-18-10-13/h4-10,17H,1-3H3. The van der Waals surface area contributed by atoms with Crippen LogP contribution in [0.15, 0.2) is 41.1 Å². The van der Waals surface area contributed by atoms with Gasteiger partial charge in [0, 0.05) is 11.3 Å². The van der Waals surface area contributed by atoms with Crippen LogP contribution in [-0.2, 0) is 0 Å². The summed E-state index contributed by atoms with van der Waals surface area (Å²) in [5, 5.41) is 7.88. The van der Waals surface area contributed by atoms with E-state index in [1.807, 2.05) is 0 Å². The monoisotopic (exact) mass is 255 g/mol. The molecule has 0 saturated carbocycles. The maximum atomic E-state index is 3.57. The molecule has 0 aliphatic carbocycles.